The molecular formula is C15H21N3O. The molecule has 19 heavy (non-hydrogen) atoms. The summed E-state index contributed by atoms with van der Waals surface area (Å²) >= 11 is 0. The first-order valence-corrected chi connectivity index (χ1v) is 7.13. The Kier molecular flexibility index (Phi) is 3.42. The van der Waals surface area contributed by atoms with Gasteiger partial charge in [-0.15, -0.1) is 0 Å². The number of carbonyl (C=O) groups excluding carboxylic acids is 1. The predicted molar refractivity (Wildman–Crippen MR) is 76.0 cm³/mol. The van der Waals surface area contributed by atoms with E-state index in [1.54, 1.807) is 12.1 Å². The first-order chi connectivity index (χ1) is 9.24. The minimum atomic E-state index is 0.140. The Morgan fingerprint density at radius 2 is 1.79 bits per heavy atom. The first-order valence-electron chi connectivity index (χ1n) is 7.13. The summed E-state index contributed by atoms with van der Waals surface area (Å²) in [6.07, 6.45) is 3.73. The van der Waals surface area contributed by atoms with E-state index in [2.05, 4.69) is 4.90 Å². The van der Waals surface area contributed by atoms with Crippen molar-refractivity contribution in [2.24, 2.45) is 0 Å². The summed E-state index contributed by atoms with van der Waals surface area (Å²) in [7, 11) is 0. The number of hydrogen-bond acceptors (Lipinski definition) is 3. The van der Waals surface area contributed by atoms with E-state index >= 15 is 0 Å². The van der Waals surface area contributed by atoms with Gasteiger partial charge in [0.1, 0.15) is 0 Å². The number of rotatable bonds is 2. The highest BCUT2D eigenvalue weighted by Gasteiger charge is 2.31. The van der Waals surface area contributed by atoms with Crippen molar-refractivity contribution in [1.82, 2.24) is 9.80 Å². The van der Waals surface area contributed by atoms with Crippen molar-refractivity contribution in [3.05, 3.63) is 29.8 Å². The van der Waals surface area contributed by atoms with E-state index in [0.29, 0.717) is 11.7 Å². The molecule has 1 amide bonds. The Balaban J connectivity index is 1.63. The van der Waals surface area contributed by atoms with Crippen LogP contribution in [0.3, 0.4) is 0 Å². The van der Waals surface area contributed by atoms with Crippen LogP contribution in [0.4, 0.5) is 5.69 Å². The minimum absolute atomic E-state index is 0.140. The van der Waals surface area contributed by atoms with Crippen molar-refractivity contribution >= 4 is 11.6 Å². The number of amides is 1. The zero-order valence-electron chi connectivity index (χ0n) is 11.2. The van der Waals surface area contributed by atoms with Crippen LogP contribution in [0.15, 0.2) is 24.3 Å². The summed E-state index contributed by atoms with van der Waals surface area (Å²) in [5.74, 6) is 0.140. The lowest BCUT2D eigenvalue weighted by molar-refractivity contribution is 0.0780. The third kappa shape index (κ3) is 2.59. The largest absolute Gasteiger partial charge is 0.399 e. The van der Waals surface area contributed by atoms with Crippen molar-refractivity contribution < 1.29 is 4.79 Å². The van der Waals surface area contributed by atoms with Crippen LogP contribution in [0.1, 0.15) is 29.6 Å². The van der Waals surface area contributed by atoms with Crippen molar-refractivity contribution in [3.8, 4) is 0 Å². The zero-order valence-corrected chi connectivity index (χ0v) is 11.2. The highest BCUT2D eigenvalue weighted by molar-refractivity contribution is 5.94. The van der Waals surface area contributed by atoms with Crippen LogP contribution in [0, 0.1) is 0 Å². The van der Waals surface area contributed by atoms with E-state index in [1.807, 2.05) is 17.0 Å². The third-order valence-electron chi connectivity index (χ3n) is 4.27. The fourth-order valence-electron chi connectivity index (χ4n) is 3.14. The van der Waals surface area contributed by atoms with Gasteiger partial charge in [0.25, 0.3) is 5.91 Å². The van der Waals surface area contributed by atoms with Gasteiger partial charge >= 0.3 is 0 Å². The Morgan fingerprint density at radius 1 is 1.11 bits per heavy atom. The molecule has 102 valence electrons. The van der Waals surface area contributed by atoms with E-state index in [-0.39, 0.29) is 5.91 Å². The Labute approximate surface area is 114 Å². The zero-order chi connectivity index (χ0) is 13.2. The van der Waals surface area contributed by atoms with Gasteiger partial charge < -0.3 is 10.6 Å². The number of hydrogen-bond donors (Lipinski definition) is 1. The Bertz CT molecular complexity index is 451. The molecule has 2 N–H and O–H groups in total. The first kappa shape index (κ1) is 12.5. The van der Waals surface area contributed by atoms with Gasteiger partial charge in [0, 0.05) is 30.4 Å². The van der Waals surface area contributed by atoms with Gasteiger partial charge in [-0.1, -0.05) is 0 Å². The van der Waals surface area contributed by atoms with Crippen molar-refractivity contribution in [2.75, 3.05) is 31.9 Å². The van der Waals surface area contributed by atoms with Crippen LogP contribution >= 0.6 is 0 Å². The summed E-state index contributed by atoms with van der Waals surface area (Å²) in [6.45, 7) is 4.16. The van der Waals surface area contributed by atoms with Gasteiger partial charge in [0.15, 0.2) is 0 Å². The normalized spacial score (nSPS) is 24.0. The summed E-state index contributed by atoms with van der Waals surface area (Å²) in [6, 6.07) is 7.80. The monoisotopic (exact) mass is 259 g/mol. The fraction of sp³-hybridized carbons (Fsp3) is 0.533. The quantitative estimate of drug-likeness (QED) is 0.820. The minimum Gasteiger partial charge on any atom is -0.399 e. The van der Waals surface area contributed by atoms with Gasteiger partial charge in [-0.2, -0.15) is 0 Å². The van der Waals surface area contributed by atoms with Gasteiger partial charge in [-0.25, -0.2) is 0 Å². The molecule has 0 aromatic heterocycles. The van der Waals surface area contributed by atoms with E-state index in [1.165, 1.54) is 25.9 Å². The molecular weight excluding hydrogens is 238 g/mol. The van der Waals surface area contributed by atoms with Crippen molar-refractivity contribution in [3.63, 3.8) is 0 Å². The third-order valence-corrected chi connectivity index (χ3v) is 4.27. The summed E-state index contributed by atoms with van der Waals surface area (Å²) in [5.41, 5.74) is 7.10. The summed E-state index contributed by atoms with van der Waals surface area (Å²) in [5, 5.41) is 0. The summed E-state index contributed by atoms with van der Waals surface area (Å²) < 4.78 is 0. The molecule has 0 spiro atoms. The van der Waals surface area contributed by atoms with Gasteiger partial charge in [-0.3, -0.25) is 9.69 Å². The topological polar surface area (TPSA) is 49.6 Å². The number of anilines is 1. The average Bonchev–Trinajstić information content (AvgIpc) is 3.10. The fourth-order valence-corrected chi connectivity index (χ4v) is 3.14. The lowest BCUT2D eigenvalue weighted by Crippen LogP contribution is -2.37. The van der Waals surface area contributed by atoms with E-state index in [9.17, 15) is 4.79 Å². The molecule has 0 radical (unpaired) electrons. The SMILES string of the molecule is Nc1ccc(C(=O)N2CCC(N3CCCC3)C2)cc1. The highest BCUT2D eigenvalue weighted by Crippen LogP contribution is 2.22. The molecule has 1 aromatic rings. The molecule has 2 fully saturated rings. The smallest absolute Gasteiger partial charge is 0.253 e. The maximum Gasteiger partial charge on any atom is 0.253 e. The molecule has 2 heterocycles. The lowest BCUT2D eigenvalue weighted by atomic mass is 10.2. The molecule has 4 heteroatoms. The Morgan fingerprint density at radius 3 is 2.47 bits per heavy atom. The van der Waals surface area contributed by atoms with E-state index in [4.69, 9.17) is 5.73 Å². The predicted octanol–water partition coefficient (Wildman–Crippen LogP) is 1.58. The van der Waals surface area contributed by atoms with Crippen molar-refractivity contribution in [2.45, 2.75) is 25.3 Å². The molecule has 0 aliphatic carbocycles. The molecule has 4 nitrogen and oxygen atoms in total. The number of benzene rings is 1. The molecule has 2 saturated heterocycles. The highest BCUT2D eigenvalue weighted by atomic mass is 16.2. The summed E-state index contributed by atoms with van der Waals surface area (Å²) in [4.78, 5) is 16.9. The van der Waals surface area contributed by atoms with Crippen LogP contribution < -0.4 is 5.73 Å². The number of nitrogens with two attached hydrogens (primary N) is 1. The van der Waals surface area contributed by atoms with Gasteiger partial charge in [0.2, 0.25) is 0 Å². The molecule has 2 aliphatic heterocycles. The molecule has 1 aromatic carbocycles. The van der Waals surface area contributed by atoms with E-state index in [0.717, 1.165) is 25.1 Å². The van der Waals surface area contributed by atoms with Crippen LogP contribution in [0.2, 0.25) is 0 Å². The molecule has 1 atom stereocenters. The molecule has 1 unspecified atom stereocenters. The maximum absolute atomic E-state index is 12.4. The standard InChI is InChI=1S/C15H21N3O/c16-13-5-3-12(4-6-13)15(19)18-10-7-14(11-18)17-8-1-2-9-17/h3-6,14H,1-2,7-11,16H2. The van der Waals surface area contributed by atoms with Gasteiger partial charge in [-0.05, 0) is 56.6 Å². The maximum atomic E-state index is 12.4. The second-order valence-electron chi connectivity index (χ2n) is 5.56. The Hall–Kier alpha value is -1.55. The van der Waals surface area contributed by atoms with Crippen LogP contribution in [-0.4, -0.2) is 47.9 Å². The average molecular weight is 259 g/mol. The molecule has 0 bridgehead atoms. The number of nitrogens with zero attached hydrogens (tertiary/aromatic N) is 2. The number of carbonyl (C=O) groups is 1. The van der Waals surface area contributed by atoms with Crippen LogP contribution in [0.5, 0.6) is 0 Å². The van der Waals surface area contributed by atoms with E-state index < -0.39 is 0 Å². The van der Waals surface area contributed by atoms with Gasteiger partial charge in [0.05, 0.1) is 0 Å². The van der Waals surface area contributed by atoms with Crippen LogP contribution in [0.25, 0.3) is 0 Å². The van der Waals surface area contributed by atoms with Crippen molar-refractivity contribution in [1.29, 1.82) is 0 Å². The molecule has 3 rings (SSSR count). The molecule has 0 saturated carbocycles. The second kappa shape index (κ2) is 5.21. The molecule has 2 aliphatic rings. The lowest BCUT2D eigenvalue weighted by Gasteiger charge is -2.23. The second-order valence-corrected chi connectivity index (χ2v) is 5.56. The number of nitrogen functional groups attached to an aromatic ring is 1. The van der Waals surface area contributed by atoms with Crippen LogP contribution in [-0.2, 0) is 0 Å². The number of likely N-dealkylation sites (tertiary alicyclic amines) is 2.